The van der Waals surface area contributed by atoms with E-state index < -0.39 is 12.1 Å². The molecule has 0 rings (SSSR count). The van der Waals surface area contributed by atoms with Crippen molar-refractivity contribution < 1.29 is 24.5 Å². The molecule has 0 spiro atoms. The van der Waals surface area contributed by atoms with Gasteiger partial charge in [0.2, 0.25) is 5.91 Å². The predicted octanol–water partition coefficient (Wildman–Crippen LogP) is 17.3. The lowest BCUT2D eigenvalue weighted by Crippen LogP contribution is -2.45. The maximum Gasteiger partial charge on any atom is 0.305 e. The number of ether oxygens (including phenoxy) is 1. The van der Waals surface area contributed by atoms with Gasteiger partial charge in [-0.3, -0.25) is 9.59 Å². The van der Waals surface area contributed by atoms with Crippen LogP contribution in [0.15, 0.2) is 12.2 Å². The third kappa shape index (κ3) is 49.9. The Hall–Kier alpha value is -1.40. The van der Waals surface area contributed by atoms with E-state index in [1.807, 2.05) is 0 Å². The van der Waals surface area contributed by atoms with Gasteiger partial charge in [0.15, 0.2) is 0 Å². The highest BCUT2D eigenvalue weighted by Gasteiger charge is 2.20. The summed E-state index contributed by atoms with van der Waals surface area (Å²) in [6.45, 7) is 4.95. The molecular formula is C57H111NO5. The number of carbonyl (C=O) groups is 2. The monoisotopic (exact) mass is 890 g/mol. The van der Waals surface area contributed by atoms with Crippen LogP contribution in [0.25, 0.3) is 0 Å². The van der Waals surface area contributed by atoms with E-state index in [4.69, 9.17) is 4.74 Å². The molecule has 374 valence electrons. The lowest BCUT2D eigenvalue weighted by atomic mass is 10.0. The summed E-state index contributed by atoms with van der Waals surface area (Å²) in [6, 6.07) is -0.550. The zero-order valence-corrected chi connectivity index (χ0v) is 42.6. The summed E-state index contributed by atoms with van der Waals surface area (Å²) >= 11 is 0. The topological polar surface area (TPSA) is 95.9 Å². The van der Waals surface area contributed by atoms with Gasteiger partial charge in [-0.15, -0.1) is 0 Å². The van der Waals surface area contributed by atoms with Gasteiger partial charge in [-0.2, -0.15) is 0 Å². The second-order valence-electron chi connectivity index (χ2n) is 19.6. The zero-order chi connectivity index (χ0) is 45.8. The number of carbonyl (C=O) groups excluding carboxylic acids is 2. The zero-order valence-electron chi connectivity index (χ0n) is 42.6. The number of nitrogens with one attached hydrogen (secondary N) is 1. The highest BCUT2D eigenvalue weighted by Crippen LogP contribution is 2.17. The molecule has 2 atom stereocenters. The highest BCUT2D eigenvalue weighted by molar-refractivity contribution is 5.76. The summed E-state index contributed by atoms with van der Waals surface area (Å²) < 4.78 is 5.45. The van der Waals surface area contributed by atoms with Crippen LogP contribution in [0.3, 0.4) is 0 Å². The second-order valence-corrected chi connectivity index (χ2v) is 19.6. The van der Waals surface area contributed by atoms with E-state index in [2.05, 4.69) is 31.3 Å². The standard InChI is InChI=1S/C57H111NO5/c1-3-5-7-9-11-13-15-16-17-20-23-26-30-33-37-41-45-49-55(60)54(53-59)58-56(61)50-46-42-38-34-31-27-24-21-18-19-22-25-28-32-36-40-44-48-52-63-57(62)51-47-43-39-35-29-14-12-10-8-6-4-2/h21,24,54-55,59-60H,3-20,22-23,25-53H2,1-2H3,(H,58,61)/b24-21-. The molecule has 0 heterocycles. The summed E-state index contributed by atoms with van der Waals surface area (Å²) in [5, 5.41) is 23.3. The van der Waals surface area contributed by atoms with Crippen LogP contribution in [0.1, 0.15) is 316 Å². The maximum absolute atomic E-state index is 12.5. The Morgan fingerprint density at radius 2 is 0.746 bits per heavy atom. The quantitative estimate of drug-likeness (QED) is 0.0321. The number of hydrogen-bond acceptors (Lipinski definition) is 5. The molecule has 0 aliphatic rings. The molecule has 0 aromatic heterocycles. The lowest BCUT2D eigenvalue weighted by molar-refractivity contribution is -0.143. The van der Waals surface area contributed by atoms with Crippen molar-refractivity contribution in [2.75, 3.05) is 13.2 Å². The summed E-state index contributed by atoms with van der Waals surface area (Å²) in [5.41, 5.74) is 0. The van der Waals surface area contributed by atoms with Gasteiger partial charge in [0, 0.05) is 12.8 Å². The number of aliphatic hydroxyl groups excluding tert-OH is 2. The van der Waals surface area contributed by atoms with Crippen molar-refractivity contribution in [3.8, 4) is 0 Å². The number of allylic oxidation sites excluding steroid dienone is 2. The van der Waals surface area contributed by atoms with Gasteiger partial charge in [0.05, 0.1) is 25.4 Å². The SMILES string of the molecule is CCCCCCCCCCCCCCCCCCCC(O)C(CO)NC(=O)CCCCCCC/C=C\CCCCCCCCCCCOC(=O)CCCCCCCCCCCCC. The normalized spacial score (nSPS) is 12.6. The number of aliphatic hydroxyl groups is 2. The maximum atomic E-state index is 12.5. The minimum absolute atomic E-state index is 0.00315. The number of unbranched alkanes of at least 4 members (excludes halogenated alkanes) is 40. The number of rotatable bonds is 53. The average Bonchev–Trinajstić information content (AvgIpc) is 3.28. The fourth-order valence-corrected chi connectivity index (χ4v) is 8.93. The van der Waals surface area contributed by atoms with E-state index >= 15 is 0 Å². The first-order valence-corrected chi connectivity index (χ1v) is 28.4. The van der Waals surface area contributed by atoms with Crippen LogP contribution in [-0.2, 0) is 14.3 Å². The van der Waals surface area contributed by atoms with E-state index in [9.17, 15) is 19.8 Å². The molecule has 0 aromatic rings. The molecule has 3 N–H and O–H groups in total. The van der Waals surface area contributed by atoms with Crippen molar-refractivity contribution >= 4 is 11.9 Å². The second kappa shape index (κ2) is 53.2. The van der Waals surface area contributed by atoms with Crippen molar-refractivity contribution in [1.82, 2.24) is 5.32 Å². The van der Waals surface area contributed by atoms with Gasteiger partial charge in [-0.05, 0) is 51.4 Å². The van der Waals surface area contributed by atoms with Crippen molar-refractivity contribution in [3.63, 3.8) is 0 Å². The van der Waals surface area contributed by atoms with Gasteiger partial charge >= 0.3 is 5.97 Å². The summed E-state index contributed by atoms with van der Waals surface area (Å²) in [7, 11) is 0. The first kappa shape index (κ1) is 61.6. The number of hydrogen-bond donors (Lipinski definition) is 3. The molecule has 0 fully saturated rings. The average molecular weight is 891 g/mol. The van der Waals surface area contributed by atoms with Gasteiger partial charge in [-0.1, -0.05) is 264 Å². The first-order valence-electron chi connectivity index (χ1n) is 28.4. The fraction of sp³-hybridized carbons (Fsp3) is 0.930. The molecule has 63 heavy (non-hydrogen) atoms. The van der Waals surface area contributed by atoms with Gasteiger partial charge < -0.3 is 20.3 Å². The Bertz CT molecular complexity index is 939. The fourth-order valence-electron chi connectivity index (χ4n) is 8.93. The minimum Gasteiger partial charge on any atom is -0.466 e. The van der Waals surface area contributed by atoms with Crippen LogP contribution in [0.2, 0.25) is 0 Å². The molecule has 2 unspecified atom stereocenters. The smallest absolute Gasteiger partial charge is 0.305 e. The van der Waals surface area contributed by atoms with Gasteiger partial charge in [0.25, 0.3) is 0 Å². The molecule has 6 nitrogen and oxygen atoms in total. The molecule has 0 aromatic carbocycles. The third-order valence-electron chi connectivity index (χ3n) is 13.3. The molecule has 0 aliphatic carbocycles. The van der Waals surface area contributed by atoms with Gasteiger partial charge in [-0.25, -0.2) is 0 Å². The first-order chi connectivity index (χ1) is 31.0. The lowest BCUT2D eigenvalue weighted by Gasteiger charge is -2.22. The van der Waals surface area contributed by atoms with E-state index in [0.29, 0.717) is 25.9 Å². The van der Waals surface area contributed by atoms with E-state index in [-0.39, 0.29) is 18.5 Å². The van der Waals surface area contributed by atoms with E-state index in [1.54, 1.807) is 0 Å². The Balaban J connectivity index is 3.45. The summed E-state index contributed by atoms with van der Waals surface area (Å²) in [4.78, 5) is 24.5. The van der Waals surface area contributed by atoms with Crippen LogP contribution in [0, 0.1) is 0 Å². The molecule has 6 heteroatoms. The molecule has 0 aliphatic heterocycles. The Morgan fingerprint density at radius 3 is 1.13 bits per heavy atom. The van der Waals surface area contributed by atoms with Gasteiger partial charge in [0.1, 0.15) is 0 Å². The van der Waals surface area contributed by atoms with E-state index in [0.717, 1.165) is 57.8 Å². The van der Waals surface area contributed by atoms with Crippen molar-refractivity contribution in [1.29, 1.82) is 0 Å². The van der Waals surface area contributed by atoms with Crippen molar-refractivity contribution in [2.45, 2.75) is 328 Å². The minimum atomic E-state index is -0.672. The molecule has 0 radical (unpaired) electrons. The van der Waals surface area contributed by atoms with Crippen molar-refractivity contribution in [2.24, 2.45) is 0 Å². The summed E-state index contributed by atoms with van der Waals surface area (Å²) in [5.74, 6) is -0.0437. The van der Waals surface area contributed by atoms with Crippen LogP contribution < -0.4 is 5.32 Å². The van der Waals surface area contributed by atoms with E-state index in [1.165, 1.54) is 225 Å². The molecule has 0 saturated heterocycles. The highest BCUT2D eigenvalue weighted by atomic mass is 16.5. The van der Waals surface area contributed by atoms with Crippen LogP contribution in [0.5, 0.6) is 0 Å². The van der Waals surface area contributed by atoms with Crippen LogP contribution in [0.4, 0.5) is 0 Å². The Morgan fingerprint density at radius 1 is 0.429 bits per heavy atom. The summed E-state index contributed by atoms with van der Waals surface area (Å²) in [6.07, 6.45) is 62.0. The third-order valence-corrected chi connectivity index (χ3v) is 13.3. The molecule has 1 amide bonds. The van der Waals surface area contributed by atoms with Crippen LogP contribution >= 0.6 is 0 Å². The Labute approximate surface area is 393 Å². The number of amides is 1. The van der Waals surface area contributed by atoms with Crippen molar-refractivity contribution in [3.05, 3.63) is 12.2 Å². The molecular weight excluding hydrogens is 779 g/mol. The van der Waals surface area contributed by atoms with Crippen LogP contribution in [-0.4, -0.2) is 47.4 Å². The molecule has 0 bridgehead atoms. The predicted molar refractivity (Wildman–Crippen MR) is 273 cm³/mol. The number of esters is 1. The Kier molecular flexibility index (Phi) is 52.0. The molecule has 0 saturated carbocycles. The largest absolute Gasteiger partial charge is 0.466 e.